The fourth-order valence-electron chi connectivity index (χ4n) is 3.34. The number of amides is 1. The zero-order chi connectivity index (χ0) is 22.6. The van der Waals surface area contributed by atoms with Gasteiger partial charge in [-0.3, -0.25) is 4.79 Å². The molecule has 31 heavy (non-hydrogen) atoms. The van der Waals surface area contributed by atoms with Gasteiger partial charge in [0, 0.05) is 25.9 Å². The zero-order valence-electron chi connectivity index (χ0n) is 16.9. The SMILES string of the molecule is CCCC(=O)NCCc1nc2cc(C(=O)O)ccc2n1Cc1cccc(C(F)(F)F)c1. The minimum Gasteiger partial charge on any atom is -0.478 e. The average Bonchev–Trinajstić information content (AvgIpc) is 3.04. The smallest absolute Gasteiger partial charge is 0.416 e. The Kier molecular flexibility index (Phi) is 6.62. The Balaban J connectivity index is 1.95. The van der Waals surface area contributed by atoms with Crippen LogP contribution in [0.15, 0.2) is 42.5 Å². The van der Waals surface area contributed by atoms with E-state index in [4.69, 9.17) is 0 Å². The molecule has 0 saturated heterocycles. The number of alkyl halides is 3. The number of nitrogens with zero attached hydrogens (tertiary/aromatic N) is 2. The number of carbonyl (C=O) groups excluding carboxylic acids is 1. The number of aromatic nitrogens is 2. The van der Waals surface area contributed by atoms with Gasteiger partial charge in [0.2, 0.25) is 5.91 Å². The highest BCUT2D eigenvalue weighted by molar-refractivity contribution is 5.92. The lowest BCUT2D eigenvalue weighted by Gasteiger charge is -2.12. The molecular weight excluding hydrogens is 411 g/mol. The molecule has 0 aliphatic heterocycles. The van der Waals surface area contributed by atoms with Crippen LogP contribution in [-0.4, -0.2) is 33.1 Å². The van der Waals surface area contributed by atoms with Crippen molar-refractivity contribution in [1.82, 2.24) is 14.9 Å². The highest BCUT2D eigenvalue weighted by Gasteiger charge is 2.30. The number of carbonyl (C=O) groups is 2. The van der Waals surface area contributed by atoms with Crippen LogP contribution in [0.1, 0.15) is 47.1 Å². The quantitative estimate of drug-likeness (QED) is 0.556. The average molecular weight is 433 g/mol. The summed E-state index contributed by atoms with van der Waals surface area (Å²) < 4.78 is 41.0. The van der Waals surface area contributed by atoms with E-state index < -0.39 is 17.7 Å². The molecular formula is C22H22F3N3O3. The van der Waals surface area contributed by atoms with E-state index in [9.17, 15) is 27.9 Å². The number of aromatic carboxylic acids is 1. The van der Waals surface area contributed by atoms with Crippen molar-refractivity contribution in [3.63, 3.8) is 0 Å². The van der Waals surface area contributed by atoms with E-state index in [1.165, 1.54) is 18.2 Å². The summed E-state index contributed by atoms with van der Waals surface area (Å²) >= 11 is 0. The van der Waals surface area contributed by atoms with Gasteiger partial charge in [0.1, 0.15) is 5.82 Å². The topological polar surface area (TPSA) is 84.2 Å². The maximum absolute atomic E-state index is 13.1. The first-order valence-corrected chi connectivity index (χ1v) is 9.84. The third-order valence-corrected chi connectivity index (χ3v) is 4.82. The number of rotatable bonds is 8. The molecule has 6 nitrogen and oxygen atoms in total. The van der Waals surface area contributed by atoms with E-state index in [-0.39, 0.29) is 18.0 Å². The van der Waals surface area contributed by atoms with Gasteiger partial charge in [-0.25, -0.2) is 9.78 Å². The molecule has 0 radical (unpaired) electrons. The number of carboxylic acids is 1. The Morgan fingerprint density at radius 1 is 1.16 bits per heavy atom. The van der Waals surface area contributed by atoms with Gasteiger partial charge in [0.05, 0.1) is 22.2 Å². The number of carboxylic acid groups (broad SMARTS) is 1. The summed E-state index contributed by atoms with van der Waals surface area (Å²) in [5, 5.41) is 12.0. The van der Waals surface area contributed by atoms with Crippen molar-refractivity contribution in [3.05, 3.63) is 65.0 Å². The number of hydrogen-bond donors (Lipinski definition) is 2. The Hall–Kier alpha value is -3.36. The lowest BCUT2D eigenvalue weighted by molar-refractivity contribution is -0.137. The Labute approximate surface area is 176 Å². The van der Waals surface area contributed by atoms with Gasteiger partial charge in [-0.2, -0.15) is 13.2 Å². The van der Waals surface area contributed by atoms with Gasteiger partial charge < -0.3 is 15.0 Å². The number of fused-ring (bicyclic) bond motifs is 1. The van der Waals surface area contributed by atoms with Crippen LogP contribution in [0.5, 0.6) is 0 Å². The fraction of sp³-hybridized carbons (Fsp3) is 0.318. The second kappa shape index (κ2) is 9.20. The molecule has 0 unspecified atom stereocenters. The molecule has 1 aromatic heterocycles. The van der Waals surface area contributed by atoms with Crippen LogP contribution >= 0.6 is 0 Å². The van der Waals surface area contributed by atoms with Crippen molar-refractivity contribution in [3.8, 4) is 0 Å². The summed E-state index contributed by atoms with van der Waals surface area (Å²) in [6.07, 6.45) is -2.97. The third-order valence-electron chi connectivity index (χ3n) is 4.82. The summed E-state index contributed by atoms with van der Waals surface area (Å²) in [5.74, 6) is -0.634. The van der Waals surface area contributed by atoms with Gasteiger partial charge >= 0.3 is 12.1 Å². The van der Waals surface area contributed by atoms with Crippen LogP contribution < -0.4 is 5.32 Å². The summed E-state index contributed by atoms with van der Waals surface area (Å²) in [6.45, 7) is 2.34. The Bertz CT molecular complexity index is 1110. The fourth-order valence-corrected chi connectivity index (χ4v) is 3.34. The minimum atomic E-state index is -4.45. The van der Waals surface area contributed by atoms with E-state index in [1.54, 1.807) is 16.7 Å². The molecule has 0 atom stereocenters. The first kappa shape index (κ1) is 22.3. The van der Waals surface area contributed by atoms with Gasteiger partial charge in [0.15, 0.2) is 0 Å². The molecule has 1 amide bonds. The summed E-state index contributed by atoms with van der Waals surface area (Å²) in [4.78, 5) is 27.5. The number of benzene rings is 2. The van der Waals surface area contributed by atoms with E-state index in [0.717, 1.165) is 18.6 Å². The maximum atomic E-state index is 13.1. The molecule has 2 N–H and O–H groups in total. The minimum absolute atomic E-state index is 0.0685. The molecule has 0 saturated carbocycles. The van der Waals surface area contributed by atoms with E-state index in [1.807, 2.05) is 6.92 Å². The lowest BCUT2D eigenvalue weighted by atomic mass is 10.1. The monoisotopic (exact) mass is 433 g/mol. The van der Waals surface area contributed by atoms with Crippen LogP contribution in [-0.2, 0) is 23.9 Å². The molecule has 2 aromatic carbocycles. The van der Waals surface area contributed by atoms with Crippen molar-refractivity contribution in [2.45, 2.75) is 38.9 Å². The maximum Gasteiger partial charge on any atom is 0.416 e. The number of nitrogens with one attached hydrogen (secondary N) is 1. The van der Waals surface area contributed by atoms with Crippen LogP contribution in [0.4, 0.5) is 13.2 Å². The van der Waals surface area contributed by atoms with E-state index >= 15 is 0 Å². The first-order valence-electron chi connectivity index (χ1n) is 9.84. The van der Waals surface area contributed by atoms with Gasteiger partial charge in [-0.15, -0.1) is 0 Å². The largest absolute Gasteiger partial charge is 0.478 e. The second-order valence-electron chi connectivity index (χ2n) is 7.17. The molecule has 3 rings (SSSR count). The van der Waals surface area contributed by atoms with Gasteiger partial charge in [-0.05, 0) is 42.3 Å². The molecule has 0 spiro atoms. The van der Waals surface area contributed by atoms with Crippen molar-refractivity contribution in [2.75, 3.05) is 6.54 Å². The first-order chi connectivity index (χ1) is 14.7. The van der Waals surface area contributed by atoms with Gasteiger partial charge in [-0.1, -0.05) is 19.1 Å². The Morgan fingerprint density at radius 2 is 1.94 bits per heavy atom. The van der Waals surface area contributed by atoms with E-state index in [2.05, 4.69) is 10.3 Å². The molecule has 164 valence electrons. The molecule has 0 aliphatic carbocycles. The highest BCUT2D eigenvalue weighted by atomic mass is 19.4. The van der Waals surface area contributed by atoms with Crippen LogP contribution in [0.25, 0.3) is 11.0 Å². The lowest BCUT2D eigenvalue weighted by Crippen LogP contribution is -2.26. The van der Waals surface area contributed by atoms with E-state index in [0.29, 0.717) is 41.8 Å². The van der Waals surface area contributed by atoms with Crippen molar-refractivity contribution >= 4 is 22.9 Å². The summed E-state index contributed by atoms with van der Waals surface area (Å²) in [5.41, 5.74) is 0.807. The highest BCUT2D eigenvalue weighted by Crippen LogP contribution is 2.30. The number of hydrogen-bond acceptors (Lipinski definition) is 3. The Morgan fingerprint density at radius 3 is 2.61 bits per heavy atom. The van der Waals surface area contributed by atoms with Crippen LogP contribution in [0.2, 0.25) is 0 Å². The molecule has 9 heteroatoms. The normalized spacial score (nSPS) is 11.6. The molecule has 3 aromatic rings. The van der Waals surface area contributed by atoms with Gasteiger partial charge in [0.25, 0.3) is 0 Å². The summed E-state index contributed by atoms with van der Waals surface area (Å²) in [7, 11) is 0. The molecule has 1 heterocycles. The predicted octanol–water partition coefficient (Wildman–Crippen LogP) is 4.26. The molecule has 0 fully saturated rings. The second-order valence-corrected chi connectivity index (χ2v) is 7.17. The number of imidazole rings is 1. The standard InChI is InChI=1S/C22H22F3N3O3/c1-2-4-20(29)26-10-9-19-27-17-12-15(21(30)31)7-8-18(17)28(19)13-14-5-3-6-16(11-14)22(23,24)25/h3,5-8,11-12H,2,4,9-10,13H2,1H3,(H,26,29)(H,30,31). The zero-order valence-corrected chi connectivity index (χ0v) is 16.9. The molecule has 0 aliphatic rings. The van der Waals surface area contributed by atoms with Crippen LogP contribution in [0.3, 0.4) is 0 Å². The van der Waals surface area contributed by atoms with Crippen molar-refractivity contribution in [1.29, 1.82) is 0 Å². The van der Waals surface area contributed by atoms with Crippen molar-refractivity contribution in [2.24, 2.45) is 0 Å². The summed E-state index contributed by atoms with van der Waals surface area (Å²) in [6, 6.07) is 9.51. The third kappa shape index (κ3) is 5.42. The number of halogens is 3. The van der Waals surface area contributed by atoms with Crippen molar-refractivity contribution < 1.29 is 27.9 Å². The molecule has 0 bridgehead atoms. The van der Waals surface area contributed by atoms with Crippen LogP contribution in [0, 0.1) is 0 Å². The predicted molar refractivity (Wildman–Crippen MR) is 109 cm³/mol.